The SMILES string of the molecule is CC[C@@H](C)[C@](CC(=O)OCc1ccc(O[C@@H]2O[C@H](CO)[C@@H](O)[C@H](O)[C@H]2O)cc1)(O[C@@H]1O[C@H](COC(C)=O)[C@@H](O)[C@H](OC(C)=O)[C@H]1O)C(=O)OCc1ccc(O[C@@H]2O[C@H](CO)[C@@H](O)[C@H](O)[C@H]2O)cc1. The second-order valence-corrected chi connectivity index (χ2v) is 16.5. The van der Waals surface area contributed by atoms with E-state index in [9.17, 15) is 70.2 Å². The van der Waals surface area contributed by atoms with Gasteiger partial charge in [-0.15, -0.1) is 0 Å². The van der Waals surface area contributed by atoms with Crippen molar-refractivity contribution in [3.63, 3.8) is 0 Å². The van der Waals surface area contributed by atoms with Gasteiger partial charge in [0.25, 0.3) is 0 Å². The number of hydrogen-bond acceptors (Lipinski definition) is 24. The maximum atomic E-state index is 14.5. The molecule has 380 valence electrons. The molecule has 0 saturated carbocycles. The van der Waals surface area contributed by atoms with Gasteiger partial charge in [-0.05, 0) is 41.3 Å². The molecule has 0 aromatic heterocycles. The summed E-state index contributed by atoms with van der Waals surface area (Å²) in [6, 6.07) is 11.5. The number of esters is 4. The molecule has 10 N–H and O–H groups in total. The van der Waals surface area contributed by atoms with E-state index in [-0.39, 0.29) is 24.5 Å². The van der Waals surface area contributed by atoms with Gasteiger partial charge >= 0.3 is 23.9 Å². The van der Waals surface area contributed by atoms with Gasteiger partial charge in [0.1, 0.15) is 98.5 Å². The molecule has 17 atom stereocenters. The van der Waals surface area contributed by atoms with Crippen molar-refractivity contribution < 1.29 is 118 Å². The minimum absolute atomic E-state index is 0.108. The molecule has 24 nitrogen and oxygen atoms in total. The molecule has 3 aliphatic heterocycles. The monoisotopic (exact) mass is 972 g/mol. The summed E-state index contributed by atoms with van der Waals surface area (Å²) >= 11 is 0. The highest BCUT2D eigenvalue weighted by molar-refractivity contribution is 5.86. The number of ether oxygens (including phenoxy) is 10. The molecule has 0 aliphatic carbocycles. The quantitative estimate of drug-likeness (QED) is 0.0466. The molecule has 0 unspecified atom stereocenters. The van der Waals surface area contributed by atoms with E-state index in [1.165, 1.54) is 55.5 Å². The van der Waals surface area contributed by atoms with E-state index < -0.39 is 160 Å². The van der Waals surface area contributed by atoms with Crippen LogP contribution in [0.25, 0.3) is 0 Å². The summed E-state index contributed by atoms with van der Waals surface area (Å²) in [5.41, 5.74) is -1.59. The van der Waals surface area contributed by atoms with E-state index in [0.29, 0.717) is 11.1 Å². The molecule has 2 aromatic rings. The van der Waals surface area contributed by atoms with Crippen LogP contribution in [0.2, 0.25) is 0 Å². The third kappa shape index (κ3) is 13.2. The van der Waals surface area contributed by atoms with Gasteiger partial charge in [0.15, 0.2) is 18.0 Å². The number of carbonyl (C=O) groups is 4. The Kier molecular flexibility index (Phi) is 19.4. The molecule has 0 radical (unpaired) electrons. The van der Waals surface area contributed by atoms with Crippen molar-refractivity contribution in [3.05, 3.63) is 59.7 Å². The van der Waals surface area contributed by atoms with Gasteiger partial charge in [0.2, 0.25) is 12.6 Å². The molecule has 0 amide bonds. The largest absolute Gasteiger partial charge is 0.463 e. The zero-order valence-electron chi connectivity index (χ0n) is 37.5. The number of aliphatic hydroxyl groups is 10. The lowest BCUT2D eigenvalue weighted by Crippen LogP contribution is -2.64. The van der Waals surface area contributed by atoms with Gasteiger partial charge in [-0.2, -0.15) is 0 Å². The van der Waals surface area contributed by atoms with Gasteiger partial charge in [-0.1, -0.05) is 44.5 Å². The Hall–Kier alpha value is -4.64. The Labute approximate surface area is 389 Å². The van der Waals surface area contributed by atoms with Crippen LogP contribution in [0.15, 0.2) is 48.5 Å². The van der Waals surface area contributed by atoms with Gasteiger partial charge in [0.05, 0.1) is 19.6 Å². The fraction of sp³-hybridized carbons (Fsp3) is 0.636. The average molecular weight is 973 g/mol. The zero-order chi connectivity index (χ0) is 50.0. The van der Waals surface area contributed by atoms with Crippen molar-refractivity contribution in [1.29, 1.82) is 0 Å². The normalized spacial score (nSPS) is 33.0. The molecule has 5 rings (SSSR count). The summed E-state index contributed by atoms with van der Waals surface area (Å²) in [7, 11) is 0. The summed E-state index contributed by atoms with van der Waals surface area (Å²) < 4.78 is 55.7. The van der Waals surface area contributed by atoms with E-state index in [0.717, 1.165) is 13.8 Å². The van der Waals surface area contributed by atoms with Crippen LogP contribution in [0.1, 0.15) is 51.7 Å². The van der Waals surface area contributed by atoms with Crippen LogP contribution in [0.4, 0.5) is 0 Å². The van der Waals surface area contributed by atoms with Crippen LogP contribution < -0.4 is 9.47 Å². The first-order chi connectivity index (χ1) is 32.2. The highest BCUT2D eigenvalue weighted by Crippen LogP contribution is 2.37. The van der Waals surface area contributed by atoms with Crippen LogP contribution >= 0.6 is 0 Å². The van der Waals surface area contributed by atoms with Crippen molar-refractivity contribution in [3.8, 4) is 11.5 Å². The first-order valence-corrected chi connectivity index (χ1v) is 21.7. The molecular weight excluding hydrogens is 912 g/mol. The fourth-order valence-electron chi connectivity index (χ4n) is 7.48. The summed E-state index contributed by atoms with van der Waals surface area (Å²) in [6.07, 6.45) is -24.9. The molecule has 0 spiro atoms. The van der Waals surface area contributed by atoms with Crippen molar-refractivity contribution >= 4 is 23.9 Å². The highest BCUT2D eigenvalue weighted by Gasteiger charge is 2.55. The lowest BCUT2D eigenvalue weighted by atomic mass is 9.83. The molecule has 24 heteroatoms. The third-order valence-corrected chi connectivity index (χ3v) is 11.7. The Morgan fingerprint density at radius 3 is 1.50 bits per heavy atom. The lowest BCUT2D eigenvalue weighted by Gasteiger charge is -2.45. The van der Waals surface area contributed by atoms with Crippen LogP contribution in [0.3, 0.4) is 0 Å². The predicted octanol–water partition coefficient (Wildman–Crippen LogP) is -3.04. The van der Waals surface area contributed by atoms with E-state index in [1.807, 2.05) is 0 Å². The summed E-state index contributed by atoms with van der Waals surface area (Å²) in [5, 5.41) is 103. The number of aliphatic hydroxyl groups excluding tert-OH is 10. The van der Waals surface area contributed by atoms with E-state index in [4.69, 9.17) is 47.4 Å². The first-order valence-electron chi connectivity index (χ1n) is 21.7. The Balaban J connectivity index is 1.35. The number of hydrogen-bond donors (Lipinski definition) is 10. The Bertz CT molecular complexity index is 1950. The van der Waals surface area contributed by atoms with Crippen LogP contribution in [0, 0.1) is 5.92 Å². The molecule has 3 fully saturated rings. The van der Waals surface area contributed by atoms with Gasteiger partial charge in [0, 0.05) is 13.8 Å². The van der Waals surface area contributed by atoms with Gasteiger partial charge < -0.3 is 98.4 Å². The fourth-order valence-corrected chi connectivity index (χ4v) is 7.48. The Morgan fingerprint density at radius 1 is 0.588 bits per heavy atom. The average Bonchev–Trinajstić information content (AvgIpc) is 3.32. The molecule has 3 aliphatic rings. The first kappa shape index (κ1) is 54.3. The highest BCUT2D eigenvalue weighted by atomic mass is 16.7. The van der Waals surface area contributed by atoms with Crippen molar-refractivity contribution in [2.45, 2.75) is 151 Å². The van der Waals surface area contributed by atoms with E-state index >= 15 is 0 Å². The van der Waals surface area contributed by atoms with Crippen LogP contribution in [-0.4, -0.2) is 192 Å². The maximum absolute atomic E-state index is 14.5. The summed E-state index contributed by atoms with van der Waals surface area (Å²) in [5.74, 6) is -4.55. The van der Waals surface area contributed by atoms with Gasteiger partial charge in [-0.3, -0.25) is 14.4 Å². The molecule has 0 bridgehead atoms. The molecule has 3 heterocycles. The number of carbonyl (C=O) groups excluding carboxylic acids is 4. The zero-order valence-corrected chi connectivity index (χ0v) is 37.5. The molecule has 3 saturated heterocycles. The van der Waals surface area contributed by atoms with Crippen LogP contribution in [-0.2, 0) is 70.3 Å². The second-order valence-electron chi connectivity index (χ2n) is 16.5. The minimum atomic E-state index is -2.35. The molecule has 2 aromatic carbocycles. The summed E-state index contributed by atoms with van der Waals surface area (Å²) in [4.78, 5) is 52.2. The smallest absolute Gasteiger partial charge is 0.339 e. The second kappa shape index (κ2) is 24.3. The molecular formula is C44H60O24. The standard InChI is InChI=1S/C44H60O24/c1-5-20(2)44(68-42-38(57)39(62-22(4)48)33(52)29(67-42)19-59-21(3)47,43(58)61-18-24-8-12-26(13-9-24)64-41-37(56)35(54)32(51)28(16-46)66-41)14-30(49)60-17-23-6-10-25(11-7-23)63-40-36(55)34(53)31(50)27(15-45)65-40/h6-13,20,27-29,31-42,45-46,50-57H,5,14-19H2,1-4H3/t20-,27-,28-,29-,31-,32-,33-,34+,35+,36-,37-,38-,39+,40-,41-,42+,44+/m1/s1. The third-order valence-electron chi connectivity index (χ3n) is 11.7. The van der Waals surface area contributed by atoms with Crippen molar-refractivity contribution in [1.82, 2.24) is 0 Å². The predicted molar refractivity (Wildman–Crippen MR) is 222 cm³/mol. The lowest BCUT2D eigenvalue weighted by molar-refractivity contribution is -0.331. The van der Waals surface area contributed by atoms with Gasteiger partial charge in [-0.25, -0.2) is 4.79 Å². The Morgan fingerprint density at radius 2 is 1.06 bits per heavy atom. The van der Waals surface area contributed by atoms with E-state index in [2.05, 4.69) is 0 Å². The van der Waals surface area contributed by atoms with Crippen molar-refractivity contribution in [2.75, 3.05) is 19.8 Å². The van der Waals surface area contributed by atoms with E-state index in [1.54, 1.807) is 6.92 Å². The number of rotatable bonds is 20. The maximum Gasteiger partial charge on any atom is 0.339 e. The topological polar surface area (TPSA) is 363 Å². The molecule has 68 heavy (non-hydrogen) atoms. The number of benzene rings is 2. The van der Waals surface area contributed by atoms with Crippen LogP contribution in [0.5, 0.6) is 11.5 Å². The summed E-state index contributed by atoms with van der Waals surface area (Å²) in [6.45, 7) is 2.53. The minimum Gasteiger partial charge on any atom is -0.463 e. The van der Waals surface area contributed by atoms with Crippen molar-refractivity contribution in [2.24, 2.45) is 5.92 Å².